The van der Waals surface area contributed by atoms with Crippen LogP contribution in [0.3, 0.4) is 0 Å². The smallest absolute Gasteiger partial charge is 0.125 e. The Morgan fingerprint density at radius 1 is 1.36 bits per heavy atom. The van der Waals surface area contributed by atoms with Gasteiger partial charge in [0.25, 0.3) is 0 Å². The Balaban J connectivity index is 3.31. The van der Waals surface area contributed by atoms with Crippen molar-refractivity contribution in [1.29, 1.82) is 0 Å². The summed E-state index contributed by atoms with van der Waals surface area (Å²) in [5.41, 5.74) is 2.14. The minimum absolute atomic E-state index is 0.325. The van der Waals surface area contributed by atoms with Gasteiger partial charge in [0.2, 0.25) is 0 Å². The van der Waals surface area contributed by atoms with E-state index in [1.165, 1.54) is 0 Å². The summed E-state index contributed by atoms with van der Waals surface area (Å²) < 4.78 is 5.37. The molecule has 0 unspecified atom stereocenters. The second kappa shape index (κ2) is 4.36. The zero-order valence-electron chi connectivity index (χ0n) is 9.29. The minimum atomic E-state index is 0.325. The summed E-state index contributed by atoms with van der Waals surface area (Å²) in [7, 11) is 1.68. The van der Waals surface area contributed by atoms with Gasteiger partial charge in [-0.3, -0.25) is 0 Å². The van der Waals surface area contributed by atoms with Gasteiger partial charge in [-0.15, -0.1) is 0 Å². The lowest BCUT2D eigenvalue weighted by atomic mass is 9.97. The van der Waals surface area contributed by atoms with E-state index >= 15 is 0 Å². The van der Waals surface area contributed by atoms with Crippen LogP contribution in [-0.2, 0) is 6.42 Å². The molecule has 0 aliphatic carbocycles. The first kappa shape index (κ1) is 10.9. The molecule has 0 radical (unpaired) electrons. The first-order chi connectivity index (χ1) is 6.60. The van der Waals surface area contributed by atoms with Crippen molar-refractivity contribution < 1.29 is 9.84 Å². The molecule has 14 heavy (non-hydrogen) atoms. The fraction of sp³-hybridized carbons (Fsp3) is 0.500. The Labute approximate surface area is 85.5 Å². The molecule has 0 aromatic heterocycles. The highest BCUT2D eigenvalue weighted by Crippen LogP contribution is 2.33. The van der Waals surface area contributed by atoms with Crippen molar-refractivity contribution in [2.75, 3.05) is 7.11 Å². The van der Waals surface area contributed by atoms with Crippen LogP contribution in [0.2, 0.25) is 0 Å². The van der Waals surface area contributed by atoms with Crippen molar-refractivity contribution in [3.05, 3.63) is 23.3 Å². The van der Waals surface area contributed by atoms with E-state index in [1.54, 1.807) is 19.2 Å². The molecule has 0 atom stereocenters. The third-order valence-electron chi connectivity index (χ3n) is 2.39. The van der Waals surface area contributed by atoms with E-state index in [-0.39, 0.29) is 0 Å². The van der Waals surface area contributed by atoms with Gasteiger partial charge >= 0.3 is 0 Å². The van der Waals surface area contributed by atoms with Crippen LogP contribution in [0.4, 0.5) is 0 Å². The molecule has 78 valence electrons. The lowest BCUT2D eigenvalue weighted by molar-refractivity contribution is 0.399. The number of hydrogen-bond donors (Lipinski definition) is 1. The third-order valence-corrected chi connectivity index (χ3v) is 2.39. The zero-order chi connectivity index (χ0) is 10.7. The number of aromatic hydroxyl groups is 1. The second-order valence-corrected chi connectivity index (χ2v) is 3.74. The summed E-state index contributed by atoms with van der Waals surface area (Å²) in [6.45, 7) is 6.24. The van der Waals surface area contributed by atoms with Crippen LogP contribution in [0.5, 0.6) is 11.5 Å². The zero-order valence-corrected chi connectivity index (χ0v) is 9.29. The first-order valence-electron chi connectivity index (χ1n) is 4.99. The van der Waals surface area contributed by atoms with Crippen molar-refractivity contribution >= 4 is 0 Å². The van der Waals surface area contributed by atoms with Gasteiger partial charge < -0.3 is 9.84 Å². The molecule has 2 heteroatoms. The quantitative estimate of drug-likeness (QED) is 0.801. The number of benzene rings is 1. The predicted molar refractivity (Wildman–Crippen MR) is 58.1 cm³/mol. The van der Waals surface area contributed by atoms with Gasteiger partial charge in [0, 0.05) is 5.56 Å². The largest absolute Gasteiger partial charge is 0.508 e. The molecule has 0 saturated heterocycles. The number of phenols is 1. The summed E-state index contributed by atoms with van der Waals surface area (Å²) in [6.07, 6.45) is 0.872. The van der Waals surface area contributed by atoms with E-state index in [9.17, 15) is 5.11 Å². The number of aryl methyl sites for hydroxylation is 1. The molecule has 0 amide bonds. The molecule has 0 spiro atoms. The number of hydrogen-bond acceptors (Lipinski definition) is 2. The monoisotopic (exact) mass is 194 g/mol. The van der Waals surface area contributed by atoms with Crippen molar-refractivity contribution in [1.82, 2.24) is 0 Å². The Morgan fingerprint density at radius 2 is 2.00 bits per heavy atom. The molecular formula is C12H18O2. The molecule has 0 fully saturated rings. The number of phenolic OH excluding ortho intramolecular Hbond substituents is 1. The van der Waals surface area contributed by atoms with Crippen molar-refractivity contribution in [3.8, 4) is 11.5 Å². The van der Waals surface area contributed by atoms with Crippen molar-refractivity contribution in [2.24, 2.45) is 0 Å². The van der Waals surface area contributed by atoms with Crippen molar-refractivity contribution in [2.45, 2.75) is 33.1 Å². The molecule has 1 N–H and O–H groups in total. The second-order valence-electron chi connectivity index (χ2n) is 3.74. The molecule has 0 heterocycles. The highest BCUT2D eigenvalue weighted by Gasteiger charge is 2.12. The maximum absolute atomic E-state index is 9.54. The van der Waals surface area contributed by atoms with Gasteiger partial charge in [0.1, 0.15) is 11.5 Å². The number of rotatable bonds is 3. The highest BCUT2D eigenvalue weighted by molar-refractivity contribution is 5.48. The standard InChI is InChI=1S/C12H18O2/c1-5-9-6-10(13)7-11(8(2)3)12(9)14-4/h6-8,13H,5H2,1-4H3. The van der Waals surface area contributed by atoms with Crippen LogP contribution in [0.1, 0.15) is 37.8 Å². The first-order valence-corrected chi connectivity index (χ1v) is 4.99. The van der Waals surface area contributed by atoms with E-state index in [4.69, 9.17) is 4.74 Å². The van der Waals surface area contributed by atoms with Crippen LogP contribution < -0.4 is 4.74 Å². The average molecular weight is 194 g/mol. The van der Waals surface area contributed by atoms with E-state index in [0.29, 0.717) is 11.7 Å². The fourth-order valence-corrected chi connectivity index (χ4v) is 1.64. The molecule has 0 aliphatic heterocycles. The molecule has 0 bridgehead atoms. The SMILES string of the molecule is CCc1cc(O)cc(C(C)C)c1OC. The predicted octanol–water partition coefficient (Wildman–Crippen LogP) is 3.09. The van der Waals surface area contributed by atoms with Crippen LogP contribution in [0.15, 0.2) is 12.1 Å². The summed E-state index contributed by atoms with van der Waals surface area (Å²) in [4.78, 5) is 0. The van der Waals surface area contributed by atoms with Gasteiger partial charge in [-0.25, -0.2) is 0 Å². The van der Waals surface area contributed by atoms with Gasteiger partial charge in [-0.2, -0.15) is 0 Å². The van der Waals surface area contributed by atoms with Gasteiger partial charge in [0.05, 0.1) is 7.11 Å². The fourth-order valence-electron chi connectivity index (χ4n) is 1.64. The van der Waals surface area contributed by atoms with Gasteiger partial charge in [0.15, 0.2) is 0 Å². The molecule has 0 saturated carbocycles. The molecule has 1 aromatic carbocycles. The molecular weight excluding hydrogens is 176 g/mol. The maximum atomic E-state index is 9.54. The average Bonchev–Trinajstić information content (AvgIpc) is 2.16. The third kappa shape index (κ3) is 2.00. The Morgan fingerprint density at radius 3 is 2.43 bits per heavy atom. The van der Waals surface area contributed by atoms with E-state index < -0.39 is 0 Å². The highest BCUT2D eigenvalue weighted by atomic mass is 16.5. The number of ether oxygens (including phenoxy) is 1. The van der Waals surface area contributed by atoms with Gasteiger partial charge in [-0.05, 0) is 30.0 Å². The summed E-state index contributed by atoms with van der Waals surface area (Å²) >= 11 is 0. The minimum Gasteiger partial charge on any atom is -0.508 e. The molecule has 1 rings (SSSR count). The van der Waals surface area contributed by atoms with E-state index in [2.05, 4.69) is 20.8 Å². The van der Waals surface area contributed by atoms with Crippen molar-refractivity contribution in [3.63, 3.8) is 0 Å². The lowest BCUT2D eigenvalue weighted by Gasteiger charge is -2.15. The van der Waals surface area contributed by atoms with E-state index in [0.717, 1.165) is 23.3 Å². The lowest BCUT2D eigenvalue weighted by Crippen LogP contribution is -1.98. The molecule has 2 nitrogen and oxygen atoms in total. The van der Waals surface area contributed by atoms with Crippen LogP contribution in [0.25, 0.3) is 0 Å². The summed E-state index contributed by atoms with van der Waals surface area (Å²) in [6, 6.07) is 3.55. The summed E-state index contributed by atoms with van der Waals surface area (Å²) in [5, 5.41) is 9.54. The normalized spacial score (nSPS) is 10.6. The Hall–Kier alpha value is -1.18. The van der Waals surface area contributed by atoms with Gasteiger partial charge in [-0.1, -0.05) is 20.8 Å². The number of methoxy groups -OCH3 is 1. The van der Waals surface area contributed by atoms with Crippen LogP contribution in [0, 0.1) is 0 Å². The maximum Gasteiger partial charge on any atom is 0.125 e. The Bertz CT molecular complexity index is 316. The van der Waals surface area contributed by atoms with E-state index in [1.807, 2.05) is 0 Å². The Kier molecular flexibility index (Phi) is 3.39. The summed E-state index contributed by atoms with van der Waals surface area (Å²) in [5.74, 6) is 1.61. The van der Waals surface area contributed by atoms with Crippen LogP contribution in [-0.4, -0.2) is 12.2 Å². The topological polar surface area (TPSA) is 29.5 Å². The molecule has 0 aliphatic rings. The van der Waals surface area contributed by atoms with Crippen LogP contribution >= 0.6 is 0 Å². The molecule has 1 aromatic rings.